The lowest BCUT2D eigenvalue weighted by atomic mass is 9.87. The normalized spacial score (nSPS) is 17.1. The summed E-state index contributed by atoms with van der Waals surface area (Å²) in [6.07, 6.45) is 1.65. The van der Waals surface area contributed by atoms with Gasteiger partial charge < -0.3 is 28.7 Å². The number of rotatable bonds is 18. The number of urea groups is 1. The lowest BCUT2D eigenvalue weighted by Gasteiger charge is -2.51. The van der Waals surface area contributed by atoms with Gasteiger partial charge in [0.05, 0.1) is 31.9 Å². The van der Waals surface area contributed by atoms with Crippen molar-refractivity contribution in [3.8, 4) is 5.75 Å². The zero-order valence-corrected chi connectivity index (χ0v) is 30.3. The number of carbonyl (C=O) groups is 1. The first kappa shape index (κ1) is 37.3. The molecule has 0 N–H and O–H groups in total. The van der Waals surface area contributed by atoms with E-state index in [0.717, 1.165) is 34.4 Å². The summed E-state index contributed by atoms with van der Waals surface area (Å²) in [5, 5.41) is 0. The van der Waals surface area contributed by atoms with Gasteiger partial charge >= 0.3 is 6.03 Å². The summed E-state index contributed by atoms with van der Waals surface area (Å²) in [5.41, 5.74) is 5.78. The Morgan fingerprint density at radius 1 is 0.660 bits per heavy atom. The van der Waals surface area contributed by atoms with Gasteiger partial charge in [-0.15, -0.1) is 0 Å². The Labute approximate surface area is 313 Å². The van der Waals surface area contributed by atoms with Crippen LogP contribution in [0.3, 0.4) is 0 Å². The average molecular weight is 710 g/mol. The molecule has 6 rings (SSSR count). The third kappa shape index (κ3) is 10.6. The summed E-state index contributed by atoms with van der Waals surface area (Å²) in [4.78, 5) is 22.7. The van der Waals surface area contributed by atoms with Crippen LogP contribution in [-0.2, 0) is 46.7 Å². The Bertz CT molecular complexity index is 1900. The Hall–Kier alpha value is -5.46. The molecule has 8 heteroatoms. The Balaban J connectivity index is 1.37. The predicted octanol–water partition coefficient (Wildman–Crippen LogP) is 8.87. The number of hydrogen-bond donors (Lipinski definition) is 0. The van der Waals surface area contributed by atoms with E-state index in [0.29, 0.717) is 51.4 Å². The minimum Gasteiger partial charge on any atom is -0.489 e. The molecule has 0 bridgehead atoms. The van der Waals surface area contributed by atoms with Gasteiger partial charge in [0, 0.05) is 20.2 Å². The molecule has 0 saturated carbocycles. The molecule has 1 aliphatic heterocycles. The topological polar surface area (TPSA) is 64.8 Å². The summed E-state index contributed by atoms with van der Waals surface area (Å²) in [6, 6.07) is 45.6. The predicted molar refractivity (Wildman–Crippen MR) is 206 cm³/mol. The smallest absolute Gasteiger partial charge is 0.321 e. The van der Waals surface area contributed by atoms with Crippen molar-refractivity contribution in [3.05, 3.63) is 179 Å². The van der Waals surface area contributed by atoms with Gasteiger partial charge in [-0.3, -0.25) is 0 Å². The van der Waals surface area contributed by atoms with Crippen LogP contribution < -0.4 is 4.74 Å². The molecule has 5 aromatic rings. The molecule has 0 unspecified atom stereocenters. The van der Waals surface area contributed by atoms with Gasteiger partial charge in [0.15, 0.2) is 5.69 Å². The second kappa shape index (κ2) is 19.4. The Kier molecular flexibility index (Phi) is 13.7. The van der Waals surface area contributed by atoms with Crippen LogP contribution in [-0.4, -0.2) is 61.1 Å². The molecule has 1 fully saturated rings. The summed E-state index contributed by atoms with van der Waals surface area (Å²) in [5.74, 6) is 0.741. The molecule has 0 aliphatic carbocycles. The zero-order valence-electron chi connectivity index (χ0n) is 30.3. The third-order valence-electron chi connectivity index (χ3n) is 9.58. The van der Waals surface area contributed by atoms with Crippen molar-refractivity contribution in [3.63, 3.8) is 0 Å². The molecule has 0 radical (unpaired) electrons. The van der Waals surface area contributed by atoms with E-state index < -0.39 is 6.10 Å². The highest BCUT2D eigenvalue weighted by Crippen LogP contribution is 2.34. The number of ether oxygens (including phenoxy) is 4. The molecular formula is C45H47N3O5. The number of benzene rings is 5. The largest absolute Gasteiger partial charge is 0.489 e. The molecule has 1 heterocycles. The van der Waals surface area contributed by atoms with Crippen LogP contribution in [0.2, 0.25) is 0 Å². The Morgan fingerprint density at radius 3 is 1.94 bits per heavy atom. The van der Waals surface area contributed by atoms with E-state index >= 15 is 4.79 Å². The van der Waals surface area contributed by atoms with Crippen molar-refractivity contribution in [2.75, 3.05) is 27.1 Å². The van der Waals surface area contributed by atoms with Gasteiger partial charge in [-0.1, -0.05) is 127 Å². The maximum atomic E-state index is 15.1. The highest BCUT2D eigenvalue weighted by atomic mass is 16.7. The van der Waals surface area contributed by atoms with Crippen LogP contribution >= 0.6 is 0 Å². The summed E-state index contributed by atoms with van der Waals surface area (Å²) < 4.78 is 24.1. The fraction of sp³-hybridized carbons (Fsp3) is 0.289. The molecule has 8 nitrogen and oxygen atoms in total. The van der Waals surface area contributed by atoms with Gasteiger partial charge in [0.1, 0.15) is 25.3 Å². The number of methoxy groups -OCH3 is 1. The number of carbonyl (C=O) groups excluding carboxylic acids is 1. The summed E-state index contributed by atoms with van der Waals surface area (Å²) >= 11 is 0. The van der Waals surface area contributed by atoms with Gasteiger partial charge in [-0.25, -0.2) is 9.64 Å². The van der Waals surface area contributed by atoms with Crippen LogP contribution in [0.5, 0.6) is 5.75 Å². The quantitative estimate of drug-likeness (QED) is 0.0517. The van der Waals surface area contributed by atoms with Crippen molar-refractivity contribution >= 4 is 11.7 Å². The van der Waals surface area contributed by atoms with E-state index in [2.05, 4.69) is 41.2 Å². The standard InChI is InChI=1S/C45H47N3O5/c1-46-40-22-12-20-38(28-40)31-48-43(30-36-16-8-4-9-17-36)44(53-34-51-27-26-50-2)42(25-24-35-14-6-3-7-15-35)47(45(48)49)32-39-21-13-23-41(29-39)52-33-37-18-10-5-11-19-37/h3-23,28-29,42-44H,24-27,30-34H2,2H3/t42-,43-,44-/m1/s1. The second-order valence-electron chi connectivity index (χ2n) is 13.2. The molecule has 1 aliphatic rings. The number of amides is 2. The number of aryl methyl sites for hydroxylation is 1. The van der Waals surface area contributed by atoms with Gasteiger partial charge in [0.2, 0.25) is 0 Å². The van der Waals surface area contributed by atoms with Crippen LogP contribution in [0, 0.1) is 6.57 Å². The first-order chi connectivity index (χ1) is 26.1. The van der Waals surface area contributed by atoms with Crippen molar-refractivity contribution in [2.24, 2.45) is 0 Å². The van der Waals surface area contributed by atoms with E-state index in [1.165, 1.54) is 5.56 Å². The van der Waals surface area contributed by atoms with E-state index in [1.54, 1.807) is 13.2 Å². The molecule has 53 heavy (non-hydrogen) atoms. The fourth-order valence-electron chi connectivity index (χ4n) is 6.93. The lowest BCUT2D eigenvalue weighted by molar-refractivity contribution is -0.150. The summed E-state index contributed by atoms with van der Waals surface area (Å²) in [6.45, 7) is 9.67. The summed E-state index contributed by atoms with van der Waals surface area (Å²) in [7, 11) is 1.65. The van der Waals surface area contributed by atoms with Crippen molar-refractivity contribution in [1.82, 2.24) is 9.80 Å². The van der Waals surface area contributed by atoms with Gasteiger partial charge in [-0.2, -0.15) is 0 Å². The highest BCUT2D eigenvalue weighted by Gasteiger charge is 2.47. The SMILES string of the molecule is [C-]#[N+]c1cccc(CN2C(=O)N(Cc3cccc(OCc4ccccc4)c3)[C@H](CCc3ccccc3)[C@@H](OCOCCOC)[C@H]2Cc2ccccc2)c1. The van der Waals surface area contributed by atoms with Gasteiger partial charge in [-0.05, 0) is 59.2 Å². The second-order valence-corrected chi connectivity index (χ2v) is 13.2. The molecule has 2 amide bonds. The van der Waals surface area contributed by atoms with Crippen LogP contribution in [0.1, 0.15) is 34.2 Å². The number of hydrogen-bond acceptors (Lipinski definition) is 5. The van der Waals surface area contributed by atoms with Crippen LogP contribution in [0.4, 0.5) is 10.5 Å². The first-order valence-electron chi connectivity index (χ1n) is 18.2. The maximum Gasteiger partial charge on any atom is 0.321 e. The monoisotopic (exact) mass is 709 g/mol. The molecule has 0 aromatic heterocycles. The highest BCUT2D eigenvalue weighted by molar-refractivity contribution is 5.77. The number of nitrogens with zero attached hydrogens (tertiary/aromatic N) is 3. The fourth-order valence-corrected chi connectivity index (χ4v) is 6.93. The minimum absolute atomic E-state index is 0.0625. The molecule has 5 aromatic carbocycles. The first-order valence-corrected chi connectivity index (χ1v) is 18.2. The van der Waals surface area contributed by atoms with Crippen molar-refractivity contribution < 1.29 is 23.7 Å². The minimum atomic E-state index is -0.402. The molecule has 1 saturated heterocycles. The van der Waals surface area contributed by atoms with Crippen molar-refractivity contribution in [2.45, 2.75) is 57.1 Å². The van der Waals surface area contributed by atoms with E-state index in [9.17, 15) is 0 Å². The molecule has 272 valence electrons. The maximum absolute atomic E-state index is 15.1. The van der Waals surface area contributed by atoms with E-state index in [-0.39, 0.29) is 24.9 Å². The van der Waals surface area contributed by atoms with Crippen molar-refractivity contribution in [1.29, 1.82) is 0 Å². The third-order valence-corrected chi connectivity index (χ3v) is 9.58. The zero-order chi connectivity index (χ0) is 36.7. The van der Waals surface area contributed by atoms with E-state index in [4.69, 9.17) is 25.5 Å². The van der Waals surface area contributed by atoms with Gasteiger partial charge in [0.25, 0.3) is 0 Å². The van der Waals surface area contributed by atoms with E-state index in [1.807, 2.05) is 107 Å². The Morgan fingerprint density at radius 2 is 1.26 bits per heavy atom. The average Bonchev–Trinajstić information content (AvgIpc) is 3.21. The molecule has 0 spiro atoms. The lowest BCUT2D eigenvalue weighted by Crippen LogP contribution is -2.66. The van der Waals surface area contributed by atoms with Crippen LogP contribution in [0.15, 0.2) is 140 Å². The molecular weight excluding hydrogens is 663 g/mol. The van der Waals surface area contributed by atoms with Crippen LogP contribution in [0.25, 0.3) is 4.85 Å². The molecule has 3 atom stereocenters.